The molecule has 0 spiro atoms. The predicted molar refractivity (Wildman–Crippen MR) is 104 cm³/mol. The highest BCUT2D eigenvalue weighted by Gasteiger charge is 2.30. The van der Waals surface area contributed by atoms with E-state index in [1.165, 1.54) is 5.69 Å². The van der Waals surface area contributed by atoms with Crippen molar-refractivity contribution in [3.8, 4) is 0 Å². The lowest BCUT2D eigenvalue weighted by molar-refractivity contribution is -0.113. The van der Waals surface area contributed by atoms with Gasteiger partial charge in [0.2, 0.25) is 0 Å². The van der Waals surface area contributed by atoms with Gasteiger partial charge in [-0.2, -0.15) is 0 Å². The number of hydrogen-bond acceptors (Lipinski definition) is 5. The van der Waals surface area contributed by atoms with Gasteiger partial charge in [0.1, 0.15) is 0 Å². The monoisotopic (exact) mass is 350 g/mol. The van der Waals surface area contributed by atoms with Crippen molar-refractivity contribution in [1.29, 1.82) is 0 Å². The van der Waals surface area contributed by atoms with Crippen LogP contribution in [0.3, 0.4) is 0 Å². The number of nitrogens with one attached hydrogen (secondary N) is 1. The zero-order valence-corrected chi connectivity index (χ0v) is 14.5. The summed E-state index contributed by atoms with van der Waals surface area (Å²) in [6.45, 7) is 3.53. The molecule has 0 aromatic heterocycles. The second-order valence-electron chi connectivity index (χ2n) is 6.28. The van der Waals surface area contributed by atoms with Crippen LogP contribution in [-0.2, 0) is 9.53 Å². The van der Waals surface area contributed by atoms with Crippen molar-refractivity contribution in [2.45, 2.75) is 0 Å². The van der Waals surface area contributed by atoms with Crippen molar-refractivity contribution < 1.29 is 9.53 Å². The number of carbonyl (C=O) groups is 1. The molecule has 3 N–H and O–H groups in total. The molecular weight excluding hydrogens is 328 g/mol. The van der Waals surface area contributed by atoms with Crippen LogP contribution in [-0.4, -0.2) is 38.9 Å². The number of hydrogen-bond donors (Lipinski definition) is 2. The van der Waals surface area contributed by atoms with Gasteiger partial charge in [-0.1, -0.05) is 18.2 Å². The Kier molecular flexibility index (Phi) is 4.60. The average molecular weight is 350 g/mol. The van der Waals surface area contributed by atoms with Crippen LogP contribution in [0.25, 0.3) is 5.57 Å². The summed E-state index contributed by atoms with van der Waals surface area (Å²) in [5.74, 6) is -0.0777. The number of nitrogens with two attached hydrogens (primary N) is 1. The summed E-state index contributed by atoms with van der Waals surface area (Å²) < 4.78 is 5.39. The van der Waals surface area contributed by atoms with Gasteiger partial charge in [0.05, 0.1) is 31.1 Å². The van der Waals surface area contributed by atoms with Gasteiger partial charge in [-0.25, -0.2) is 0 Å². The Morgan fingerprint density at radius 2 is 1.81 bits per heavy atom. The first kappa shape index (κ1) is 16.6. The van der Waals surface area contributed by atoms with Gasteiger partial charge in [0, 0.05) is 36.2 Å². The summed E-state index contributed by atoms with van der Waals surface area (Å²) in [6, 6.07) is 15.9. The third-order valence-corrected chi connectivity index (χ3v) is 4.77. The number of ether oxygens (including phenoxy) is 1. The number of carbonyl (C=O) groups excluding carboxylic acids is 1. The molecule has 1 fully saturated rings. The van der Waals surface area contributed by atoms with Crippen molar-refractivity contribution >= 4 is 28.5 Å². The van der Waals surface area contributed by atoms with E-state index >= 15 is 0 Å². The zero-order valence-electron chi connectivity index (χ0n) is 14.5. The Labute approximate surface area is 152 Å². The third-order valence-electron chi connectivity index (χ3n) is 4.77. The van der Waals surface area contributed by atoms with Crippen LogP contribution in [0.4, 0.5) is 17.1 Å². The van der Waals surface area contributed by atoms with E-state index in [1.54, 1.807) is 11.1 Å². The number of benzene rings is 2. The maximum Gasteiger partial charge on any atom is 0.261 e. The molecule has 1 amide bonds. The number of anilines is 3. The number of amides is 1. The largest absolute Gasteiger partial charge is 0.378 e. The number of fused-ring (bicyclic) bond motifs is 1. The molecule has 2 aliphatic rings. The van der Waals surface area contributed by atoms with Crippen molar-refractivity contribution in [3.63, 3.8) is 0 Å². The number of morpholine rings is 1. The smallest absolute Gasteiger partial charge is 0.261 e. The lowest BCUT2D eigenvalue weighted by Gasteiger charge is -2.28. The van der Waals surface area contributed by atoms with Gasteiger partial charge in [0.15, 0.2) is 0 Å². The standard InChI is InChI=1S/C20H22N4O2/c21-14-24-19-4-2-1-3-17(19)18(20(24)25)13-22-15-5-7-16(8-6-15)23-9-11-26-12-10-23/h1-8,13,22H,9-12,14,21H2/b18-13+. The molecule has 26 heavy (non-hydrogen) atoms. The van der Waals surface area contributed by atoms with E-state index in [0.29, 0.717) is 5.57 Å². The van der Waals surface area contributed by atoms with E-state index in [2.05, 4.69) is 22.3 Å². The molecule has 6 nitrogen and oxygen atoms in total. The highest BCUT2D eigenvalue weighted by atomic mass is 16.5. The number of nitrogens with zero attached hydrogens (tertiary/aromatic N) is 2. The van der Waals surface area contributed by atoms with Crippen LogP contribution in [0, 0.1) is 0 Å². The quantitative estimate of drug-likeness (QED) is 0.828. The van der Waals surface area contributed by atoms with Gasteiger partial charge in [-0.3, -0.25) is 9.69 Å². The molecule has 2 heterocycles. The summed E-state index contributed by atoms with van der Waals surface area (Å²) in [5, 5.41) is 3.24. The predicted octanol–water partition coefficient (Wildman–Crippen LogP) is 2.24. The molecular formula is C20H22N4O2. The van der Waals surface area contributed by atoms with Gasteiger partial charge < -0.3 is 20.7 Å². The summed E-state index contributed by atoms with van der Waals surface area (Å²) in [6.07, 6.45) is 1.76. The minimum atomic E-state index is -0.0777. The molecule has 0 aliphatic carbocycles. The molecule has 0 unspecified atom stereocenters. The number of para-hydroxylation sites is 1. The molecule has 6 heteroatoms. The van der Waals surface area contributed by atoms with Crippen LogP contribution in [0.2, 0.25) is 0 Å². The van der Waals surface area contributed by atoms with Crippen molar-refractivity contribution in [2.75, 3.05) is 48.1 Å². The molecule has 134 valence electrons. The van der Waals surface area contributed by atoms with E-state index in [-0.39, 0.29) is 12.6 Å². The molecule has 0 saturated carbocycles. The lowest BCUT2D eigenvalue weighted by Crippen LogP contribution is -2.36. The Morgan fingerprint density at radius 1 is 1.08 bits per heavy atom. The van der Waals surface area contributed by atoms with Crippen LogP contribution < -0.4 is 20.9 Å². The first-order valence-electron chi connectivity index (χ1n) is 8.79. The maximum atomic E-state index is 12.6. The highest BCUT2D eigenvalue weighted by Crippen LogP contribution is 2.35. The van der Waals surface area contributed by atoms with Gasteiger partial charge in [-0.15, -0.1) is 0 Å². The van der Waals surface area contributed by atoms with E-state index in [0.717, 1.165) is 43.2 Å². The van der Waals surface area contributed by atoms with E-state index in [4.69, 9.17) is 10.5 Å². The molecule has 0 radical (unpaired) electrons. The summed E-state index contributed by atoms with van der Waals surface area (Å²) >= 11 is 0. The Bertz CT molecular complexity index is 826. The SMILES string of the molecule is NCN1C(=O)/C(=C/Nc2ccc(N3CCOCC3)cc2)c2ccccc21. The molecule has 0 atom stereocenters. The first-order valence-corrected chi connectivity index (χ1v) is 8.79. The molecule has 2 aromatic rings. The van der Waals surface area contributed by atoms with E-state index < -0.39 is 0 Å². The molecule has 0 bridgehead atoms. The van der Waals surface area contributed by atoms with Crippen molar-refractivity contribution in [2.24, 2.45) is 5.73 Å². The molecule has 2 aromatic carbocycles. The normalized spacial score (nSPS) is 18.3. The zero-order chi connectivity index (χ0) is 17.9. The van der Waals surface area contributed by atoms with Crippen LogP contribution in [0.1, 0.15) is 5.56 Å². The summed E-state index contributed by atoms with van der Waals surface area (Å²) in [7, 11) is 0. The fraction of sp³-hybridized carbons (Fsp3) is 0.250. The second-order valence-corrected chi connectivity index (χ2v) is 6.28. The van der Waals surface area contributed by atoms with Crippen LogP contribution in [0.15, 0.2) is 54.7 Å². The fourth-order valence-corrected chi connectivity index (χ4v) is 3.37. The van der Waals surface area contributed by atoms with Crippen LogP contribution >= 0.6 is 0 Å². The highest BCUT2D eigenvalue weighted by molar-refractivity contribution is 6.32. The third kappa shape index (κ3) is 3.05. The minimum Gasteiger partial charge on any atom is -0.378 e. The molecule has 4 rings (SSSR count). The maximum absolute atomic E-state index is 12.6. The topological polar surface area (TPSA) is 70.8 Å². The van der Waals surface area contributed by atoms with Gasteiger partial charge in [0.25, 0.3) is 5.91 Å². The van der Waals surface area contributed by atoms with Crippen molar-refractivity contribution in [1.82, 2.24) is 0 Å². The van der Waals surface area contributed by atoms with Gasteiger partial charge >= 0.3 is 0 Å². The minimum absolute atomic E-state index is 0.0777. The molecule has 2 aliphatic heterocycles. The second kappa shape index (κ2) is 7.19. The molecule has 1 saturated heterocycles. The Morgan fingerprint density at radius 3 is 2.54 bits per heavy atom. The average Bonchev–Trinajstić information content (AvgIpc) is 2.98. The summed E-state index contributed by atoms with van der Waals surface area (Å²) in [5.41, 5.74) is 10.2. The fourth-order valence-electron chi connectivity index (χ4n) is 3.37. The van der Waals surface area contributed by atoms with E-state index in [1.807, 2.05) is 36.4 Å². The Hall–Kier alpha value is -2.83. The summed E-state index contributed by atoms with van der Waals surface area (Å²) in [4.78, 5) is 16.5. The first-order chi connectivity index (χ1) is 12.8. The van der Waals surface area contributed by atoms with E-state index in [9.17, 15) is 4.79 Å². The number of rotatable bonds is 4. The van der Waals surface area contributed by atoms with Crippen molar-refractivity contribution in [3.05, 3.63) is 60.3 Å². The Balaban J connectivity index is 1.52. The lowest BCUT2D eigenvalue weighted by atomic mass is 10.1. The van der Waals surface area contributed by atoms with Gasteiger partial charge in [-0.05, 0) is 30.3 Å². The van der Waals surface area contributed by atoms with Crippen LogP contribution in [0.5, 0.6) is 0 Å².